The number of hydrogen-bond acceptors (Lipinski definition) is 1. The van der Waals surface area contributed by atoms with Crippen LogP contribution >= 0.6 is 0 Å². The van der Waals surface area contributed by atoms with E-state index in [9.17, 15) is 13.2 Å². The molecule has 0 saturated heterocycles. The third kappa shape index (κ3) is 2.32. The lowest BCUT2D eigenvalue weighted by atomic mass is 9.84. The molecular formula is C13H16F3N. The second-order valence-corrected chi connectivity index (χ2v) is 4.91. The SMILES string of the molecule is CC(c1ccc(C(F)(F)F)cc1)C1(CN)CC1. The summed E-state index contributed by atoms with van der Waals surface area (Å²) in [4.78, 5) is 0. The van der Waals surface area contributed by atoms with Crippen LogP contribution in [0.2, 0.25) is 0 Å². The van der Waals surface area contributed by atoms with Crippen molar-refractivity contribution >= 4 is 0 Å². The van der Waals surface area contributed by atoms with E-state index in [0.29, 0.717) is 6.54 Å². The van der Waals surface area contributed by atoms with Crippen LogP contribution in [-0.4, -0.2) is 6.54 Å². The molecule has 0 spiro atoms. The first kappa shape index (κ1) is 12.4. The molecule has 1 aromatic rings. The predicted molar refractivity (Wildman–Crippen MR) is 60.6 cm³/mol. The summed E-state index contributed by atoms with van der Waals surface area (Å²) in [5.41, 5.74) is 6.20. The zero-order valence-electron chi connectivity index (χ0n) is 9.72. The van der Waals surface area contributed by atoms with Crippen molar-refractivity contribution in [3.63, 3.8) is 0 Å². The summed E-state index contributed by atoms with van der Waals surface area (Å²) in [5.74, 6) is 0.231. The molecule has 1 aliphatic carbocycles. The van der Waals surface area contributed by atoms with Crippen molar-refractivity contribution < 1.29 is 13.2 Å². The normalized spacial score (nSPS) is 20.1. The molecule has 1 fully saturated rings. The predicted octanol–water partition coefficient (Wildman–Crippen LogP) is 3.55. The summed E-state index contributed by atoms with van der Waals surface area (Å²) >= 11 is 0. The molecule has 2 rings (SSSR count). The van der Waals surface area contributed by atoms with Gasteiger partial charge in [0.1, 0.15) is 0 Å². The Balaban J connectivity index is 2.19. The second-order valence-electron chi connectivity index (χ2n) is 4.91. The molecule has 1 unspecified atom stereocenters. The highest BCUT2D eigenvalue weighted by Gasteiger charge is 2.46. The van der Waals surface area contributed by atoms with Crippen molar-refractivity contribution in [1.82, 2.24) is 0 Å². The topological polar surface area (TPSA) is 26.0 Å². The smallest absolute Gasteiger partial charge is 0.330 e. The van der Waals surface area contributed by atoms with Crippen molar-refractivity contribution in [2.75, 3.05) is 6.54 Å². The molecule has 0 aliphatic heterocycles. The van der Waals surface area contributed by atoms with Crippen LogP contribution in [-0.2, 0) is 6.18 Å². The van der Waals surface area contributed by atoms with Gasteiger partial charge in [-0.3, -0.25) is 0 Å². The fourth-order valence-electron chi connectivity index (χ4n) is 2.29. The minimum absolute atomic E-state index is 0.125. The molecular weight excluding hydrogens is 227 g/mol. The molecule has 0 radical (unpaired) electrons. The number of halogens is 3. The minimum Gasteiger partial charge on any atom is -0.330 e. The van der Waals surface area contributed by atoms with Gasteiger partial charge >= 0.3 is 6.18 Å². The van der Waals surface area contributed by atoms with E-state index in [1.807, 2.05) is 6.92 Å². The van der Waals surface area contributed by atoms with Crippen LogP contribution in [0, 0.1) is 5.41 Å². The molecule has 0 bridgehead atoms. The Morgan fingerprint density at radius 2 is 1.76 bits per heavy atom. The lowest BCUT2D eigenvalue weighted by Gasteiger charge is -2.22. The van der Waals surface area contributed by atoms with Gasteiger partial charge in [0.25, 0.3) is 0 Å². The van der Waals surface area contributed by atoms with Crippen LogP contribution in [0.1, 0.15) is 36.8 Å². The standard InChI is InChI=1S/C13H16F3N/c1-9(12(8-17)6-7-12)10-2-4-11(5-3-10)13(14,15)16/h2-5,9H,6-8,17H2,1H3. The second kappa shape index (κ2) is 4.02. The van der Waals surface area contributed by atoms with Crippen LogP contribution in [0.4, 0.5) is 13.2 Å². The first-order chi connectivity index (χ1) is 7.89. The Labute approximate surface area is 98.8 Å². The van der Waals surface area contributed by atoms with Crippen molar-refractivity contribution in [3.05, 3.63) is 35.4 Å². The molecule has 1 atom stereocenters. The molecule has 0 amide bonds. The molecule has 1 aromatic carbocycles. The largest absolute Gasteiger partial charge is 0.416 e. The Morgan fingerprint density at radius 1 is 1.24 bits per heavy atom. The van der Waals surface area contributed by atoms with E-state index in [-0.39, 0.29) is 11.3 Å². The number of alkyl halides is 3. The molecule has 1 nitrogen and oxygen atoms in total. The zero-order valence-corrected chi connectivity index (χ0v) is 9.72. The van der Waals surface area contributed by atoms with Crippen LogP contribution in [0.25, 0.3) is 0 Å². The summed E-state index contributed by atoms with van der Waals surface area (Å²) in [6.45, 7) is 2.65. The average molecular weight is 243 g/mol. The monoisotopic (exact) mass is 243 g/mol. The zero-order chi connectivity index (χ0) is 12.7. The summed E-state index contributed by atoms with van der Waals surface area (Å²) in [7, 11) is 0. The maximum Gasteiger partial charge on any atom is 0.416 e. The Bertz CT molecular complexity index is 390. The number of nitrogens with two attached hydrogens (primary N) is 1. The molecule has 4 heteroatoms. The molecule has 0 aromatic heterocycles. The summed E-state index contributed by atoms with van der Waals surface area (Å²) in [5, 5.41) is 0. The maximum atomic E-state index is 12.4. The van der Waals surface area contributed by atoms with Crippen LogP contribution in [0.5, 0.6) is 0 Å². The number of hydrogen-bond donors (Lipinski definition) is 1. The van der Waals surface area contributed by atoms with Gasteiger partial charge in [0.05, 0.1) is 5.56 Å². The minimum atomic E-state index is -4.26. The molecule has 94 valence electrons. The summed E-state index contributed by atoms with van der Waals surface area (Å²) in [6, 6.07) is 5.45. The third-order valence-electron chi connectivity index (χ3n) is 3.96. The lowest BCUT2D eigenvalue weighted by Crippen LogP contribution is -2.21. The molecule has 2 N–H and O–H groups in total. The van der Waals surface area contributed by atoms with Crippen molar-refractivity contribution in [3.8, 4) is 0 Å². The van der Waals surface area contributed by atoms with Gasteiger partial charge in [-0.2, -0.15) is 13.2 Å². The van der Waals surface area contributed by atoms with Crippen LogP contribution < -0.4 is 5.73 Å². The average Bonchev–Trinajstić information content (AvgIpc) is 3.08. The van der Waals surface area contributed by atoms with Gasteiger partial charge in [0.15, 0.2) is 0 Å². The highest BCUT2D eigenvalue weighted by molar-refractivity contribution is 5.29. The summed E-state index contributed by atoms with van der Waals surface area (Å²) in [6.07, 6.45) is -2.11. The highest BCUT2D eigenvalue weighted by atomic mass is 19.4. The molecule has 1 saturated carbocycles. The van der Waals surface area contributed by atoms with Gasteiger partial charge in [-0.05, 0) is 48.4 Å². The van der Waals surface area contributed by atoms with Crippen LogP contribution in [0.3, 0.4) is 0 Å². The van der Waals surface area contributed by atoms with Gasteiger partial charge in [-0.25, -0.2) is 0 Å². The van der Waals surface area contributed by atoms with Crippen LogP contribution in [0.15, 0.2) is 24.3 Å². The van der Waals surface area contributed by atoms with Crippen molar-refractivity contribution in [2.45, 2.75) is 31.9 Å². The fourth-order valence-corrected chi connectivity index (χ4v) is 2.29. The van der Waals surface area contributed by atoms with Gasteiger partial charge in [-0.15, -0.1) is 0 Å². The maximum absolute atomic E-state index is 12.4. The van der Waals surface area contributed by atoms with E-state index in [1.165, 1.54) is 0 Å². The lowest BCUT2D eigenvalue weighted by molar-refractivity contribution is -0.137. The first-order valence-electron chi connectivity index (χ1n) is 5.76. The van der Waals surface area contributed by atoms with E-state index >= 15 is 0 Å². The van der Waals surface area contributed by atoms with E-state index in [0.717, 1.165) is 30.5 Å². The Hall–Kier alpha value is -1.03. The molecule has 0 heterocycles. The van der Waals surface area contributed by atoms with Gasteiger partial charge in [0.2, 0.25) is 0 Å². The van der Waals surface area contributed by atoms with Gasteiger partial charge < -0.3 is 5.73 Å². The Morgan fingerprint density at radius 3 is 2.12 bits per heavy atom. The van der Waals surface area contributed by atoms with E-state index in [2.05, 4.69) is 0 Å². The van der Waals surface area contributed by atoms with Gasteiger partial charge in [-0.1, -0.05) is 19.1 Å². The van der Waals surface area contributed by atoms with Crippen molar-refractivity contribution in [2.24, 2.45) is 11.1 Å². The number of benzene rings is 1. The molecule has 17 heavy (non-hydrogen) atoms. The van der Waals surface area contributed by atoms with Gasteiger partial charge in [0, 0.05) is 0 Å². The quantitative estimate of drug-likeness (QED) is 0.863. The van der Waals surface area contributed by atoms with E-state index < -0.39 is 11.7 Å². The fraction of sp³-hybridized carbons (Fsp3) is 0.538. The summed E-state index contributed by atoms with van der Waals surface area (Å²) < 4.78 is 37.2. The molecule has 1 aliphatic rings. The third-order valence-corrected chi connectivity index (χ3v) is 3.96. The number of rotatable bonds is 3. The highest BCUT2D eigenvalue weighted by Crippen LogP contribution is 2.55. The first-order valence-corrected chi connectivity index (χ1v) is 5.76. The van der Waals surface area contributed by atoms with Crippen molar-refractivity contribution in [1.29, 1.82) is 0 Å². The van der Waals surface area contributed by atoms with E-state index in [4.69, 9.17) is 5.73 Å². The van der Waals surface area contributed by atoms with E-state index in [1.54, 1.807) is 12.1 Å². The Kier molecular flexibility index (Phi) is 2.94.